The number of Topliss-reactive ketones (excluding diaryl/α,β-unsaturated/α-hetero) is 1. The quantitative estimate of drug-likeness (QED) is 0.384. The zero-order valence-corrected chi connectivity index (χ0v) is 18.0. The Morgan fingerprint density at radius 2 is 1.81 bits per heavy atom. The zero-order valence-electron chi connectivity index (χ0n) is 17.2. The minimum absolute atomic E-state index is 0.00755. The molecule has 0 bridgehead atoms. The van der Waals surface area contributed by atoms with E-state index in [0.29, 0.717) is 30.4 Å². The molecule has 9 heteroatoms. The molecule has 1 aliphatic heterocycles. The van der Waals surface area contributed by atoms with Crippen molar-refractivity contribution in [1.29, 1.82) is 5.26 Å². The SMILES string of the molecule is COc1cc(C#N)ccc1OC(=O)C1CCCCN1S(=O)(=O)c1ccc(C(C)=O)cc1. The summed E-state index contributed by atoms with van der Waals surface area (Å²) in [6.45, 7) is 1.58. The minimum Gasteiger partial charge on any atom is -0.493 e. The number of ether oxygens (including phenoxy) is 2. The molecule has 1 atom stereocenters. The lowest BCUT2D eigenvalue weighted by Crippen LogP contribution is -2.49. The molecule has 1 fully saturated rings. The number of carbonyl (C=O) groups excluding carboxylic acids is 2. The first-order valence-corrected chi connectivity index (χ1v) is 11.1. The topological polar surface area (TPSA) is 114 Å². The number of esters is 1. The lowest BCUT2D eigenvalue weighted by atomic mass is 10.1. The minimum atomic E-state index is -3.97. The van der Waals surface area contributed by atoms with Gasteiger partial charge in [0.25, 0.3) is 0 Å². The lowest BCUT2D eigenvalue weighted by molar-refractivity contribution is -0.139. The molecule has 1 heterocycles. The number of methoxy groups -OCH3 is 1. The van der Waals surface area contributed by atoms with Gasteiger partial charge in [-0.25, -0.2) is 13.2 Å². The van der Waals surface area contributed by atoms with Gasteiger partial charge in [-0.1, -0.05) is 12.1 Å². The molecule has 0 radical (unpaired) electrons. The van der Waals surface area contributed by atoms with E-state index in [0.717, 1.165) is 4.31 Å². The van der Waals surface area contributed by atoms with E-state index in [-0.39, 0.29) is 28.7 Å². The maximum atomic E-state index is 13.2. The van der Waals surface area contributed by atoms with Crippen molar-refractivity contribution in [2.45, 2.75) is 37.1 Å². The highest BCUT2D eigenvalue weighted by molar-refractivity contribution is 7.89. The molecule has 3 rings (SSSR count). The second-order valence-corrected chi connectivity index (χ2v) is 9.00. The van der Waals surface area contributed by atoms with E-state index >= 15 is 0 Å². The predicted molar refractivity (Wildman–Crippen MR) is 111 cm³/mol. The van der Waals surface area contributed by atoms with E-state index in [2.05, 4.69) is 0 Å². The molecule has 1 unspecified atom stereocenters. The maximum Gasteiger partial charge on any atom is 0.329 e. The molecular formula is C22H22N2O6S. The molecule has 0 aliphatic carbocycles. The summed E-state index contributed by atoms with van der Waals surface area (Å²) in [5.41, 5.74) is 0.744. The van der Waals surface area contributed by atoms with Crippen LogP contribution in [0, 0.1) is 11.3 Å². The van der Waals surface area contributed by atoms with E-state index in [1.807, 2.05) is 6.07 Å². The number of hydrogen-bond acceptors (Lipinski definition) is 7. The number of rotatable bonds is 6. The van der Waals surface area contributed by atoms with Crippen LogP contribution in [0.15, 0.2) is 47.4 Å². The Labute approximate surface area is 181 Å². The first-order valence-electron chi connectivity index (χ1n) is 9.70. The average molecular weight is 442 g/mol. The summed E-state index contributed by atoms with van der Waals surface area (Å²) in [5, 5.41) is 9.01. The Bertz CT molecular complexity index is 1140. The zero-order chi connectivity index (χ0) is 22.6. The maximum absolute atomic E-state index is 13.2. The molecule has 0 N–H and O–H groups in total. The Kier molecular flexibility index (Phi) is 6.73. The van der Waals surface area contributed by atoms with Crippen LogP contribution in [0.2, 0.25) is 0 Å². The third-order valence-electron chi connectivity index (χ3n) is 5.10. The van der Waals surface area contributed by atoms with Crippen LogP contribution in [-0.4, -0.2) is 44.2 Å². The van der Waals surface area contributed by atoms with Gasteiger partial charge in [0.05, 0.1) is 23.6 Å². The number of piperidine rings is 1. The van der Waals surface area contributed by atoms with Crippen LogP contribution in [0.25, 0.3) is 0 Å². The van der Waals surface area contributed by atoms with E-state index in [9.17, 15) is 18.0 Å². The Morgan fingerprint density at radius 3 is 2.42 bits per heavy atom. The van der Waals surface area contributed by atoms with E-state index in [1.54, 1.807) is 0 Å². The fourth-order valence-electron chi connectivity index (χ4n) is 3.42. The van der Waals surface area contributed by atoms with Crippen LogP contribution in [-0.2, 0) is 14.8 Å². The molecule has 8 nitrogen and oxygen atoms in total. The highest BCUT2D eigenvalue weighted by Gasteiger charge is 2.39. The van der Waals surface area contributed by atoms with Crippen LogP contribution < -0.4 is 9.47 Å². The third kappa shape index (κ3) is 4.76. The molecule has 2 aromatic rings. The van der Waals surface area contributed by atoms with Crippen molar-refractivity contribution >= 4 is 21.8 Å². The second-order valence-electron chi connectivity index (χ2n) is 7.11. The van der Waals surface area contributed by atoms with Gasteiger partial charge >= 0.3 is 5.97 Å². The van der Waals surface area contributed by atoms with Gasteiger partial charge in [-0.15, -0.1) is 0 Å². The summed E-state index contributed by atoms with van der Waals surface area (Å²) in [4.78, 5) is 24.4. The highest BCUT2D eigenvalue weighted by atomic mass is 32.2. The average Bonchev–Trinajstić information content (AvgIpc) is 2.79. The van der Waals surface area contributed by atoms with Crippen molar-refractivity contribution in [1.82, 2.24) is 4.31 Å². The van der Waals surface area contributed by atoms with Crippen molar-refractivity contribution in [3.05, 3.63) is 53.6 Å². The second kappa shape index (κ2) is 9.29. The standard InChI is InChI=1S/C22H22N2O6S/c1-15(25)17-7-9-18(10-8-17)31(27,28)24-12-4-3-5-19(24)22(26)30-20-11-6-16(14-23)13-21(20)29-2/h6-11,13,19H,3-5,12H2,1-2H3. The van der Waals surface area contributed by atoms with Crippen molar-refractivity contribution in [2.75, 3.05) is 13.7 Å². The van der Waals surface area contributed by atoms with Gasteiger partial charge in [0.2, 0.25) is 10.0 Å². The van der Waals surface area contributed by atoms with Crippen molar-refractivity contribution in [3.8, 4) is 17.6 Å². The highest BCUT2D eigenvalue weighted by Crippen LogP contribution is 2.31. The van der Waals surface area contributed by atoms with Gasteiger partial charge < -0.3 is 9.47 Å². The molecule has 0 amide bonds. The van der Waals surface area contributed by atoms with Gasteiger partial charge in [-0.05, 0) is 50.5 Å². The Balaban J connectivity index is 1.87. The largest absolute Gasteiger partial charge is 0.493 e. The summed E-state index contributed by atoms with van der Waals surface area (Å²) in [6, 6.07) is 11.0. The molecular weight excluding hydrogens is 420 g/mol. The smallest absolute Gasteiger partial charge is 0.329 e. The van der Waals surface area contributed by atoms with Crippen LogP contribution in [0.4, 0.5) is 0 Å². The Hall–Kier alpha value is -3.22. The lowest BCUT2D eigenvalue weighted by Gasteiger charge is -2.33. The summed E-state index contributed by atoms with van der Waals surface area (Å²) >= 11 is 0. The molecule has 2 aromatic carbocycles. The number of sulfonamides is 1. The van der Waals surface area contributed by atoms with E-state index < -0.39 is 22.0 Å². The van der Waals surface area contributed by atoms with Crippen LogP contribution in [0.3, 0.4) is 0 Å². The predicted octanol–water partition coefficient (Wildman–Crippen LogP) is 2.92. The number of carbonyl (C=O) groups is 2. The summed E-state index contributed by atoms with van der Waals surface area (Å²) in [7, 11) is -2.59. The van der Waals surface area contributed by atoms with Crippen LogP contribution in [0.5, 0.6) is 11.5 Å². The van der Waals surface area contributed by atoms with Gasteiger partial charge in [-0.3, -0.25) is 4.79 Å². The molecule has 0 saturated carbocycles. The third-order valence-corrected chi connectivity index (χ3v) is 7.02. The van der Waals surface area contributed by atoms with Gasteiger partial charge in [-0.2, -0.15) is 9.57 Å². The van der Waals surface area contributed by atoms with E-state index in [1.165, 1.54) is 56.5 Å². The summed E-state index contributed by atoms with van der Waals surface area (Å²) < 4.78 is 38.2. The number of nitriles is 1. The van der Waals surface area contributed by atoms with Gasteiger partial charge in [0.15, 0.2) is 17.3 Å². The molecule has 1 saturated heterocycles. The first kappa shape index (κ1) is 22.5. The van der Waals surface area contributed by atoms with Crippen molar-refractivity contribution in [2.24, 2.45) is 0 Å². The number of benzene rings is 2. The number of nitrogens with zero attached hydrogens (tertiary/aromatic N) is 2. The van der Waals surface area contributed by atoms with Crippen molar-refractivity contribution < 1.29 is 27.5 Å². The fraction of sp³-hybridized carbons (Fsp3) is 0.318. The Morgan fingerprint density at radius 1 is 1.10 bits per heavy atom. The van der Waals surface area contributed by atoms with Gasteiger partial charge in [0, 0.05) is 18.2 Å². The molecule has 1 aliphatic rings. The molecule has 0 aromatic heterocycles. The molecule has 162 valence electrons. The van der Waals surface area contributed by atoms with Gasteiger partial charge in [0.1, 0.15) is 6.04 Å². The summed E-state index contributed by atoms with van der Waals surface area (Å²) in [6.07, 6.45) is 1.62. The summed E-state index contributed by atoms with van der Waals surface area (Å²) in [5.74, 6) is -0.566. The number of hydrogen-bond donors (Lipinski definition) is 0. The molecule has 31 heavy (non-hydrogen) atoms. The monoisotopic (exact) mass is 442 g/mol. The normalized spacial score (nSPS) is 16.9. The molecule has 0 spiro atoms. The van der Waals surface area contributed by atoms with Crippen LogP contribution >= 0.6 is 0 Å². The first-order chi connectivity index (χ1) is 14.8. The number of ketones is 1. The fourth-order valence-corrected chi connectivity index (χ4v) is 5.07. The van der Waals surface area contributed by atoms with E-state index in [4.69, 9.17) is 14.7 Å². The van der Waals surface area contributed by atoms with Crippen molar-refractivity contribution in [3.63, 3.8) is 0 Å². The van der Waals surface area contributed by atoms with Crippen LogP contribution in [0.1, 0.15) is 42.1 Å².